The maximum atomic E-state index is 12.4. The SMILES string of the molecule is CC(C)c1ccccc1NC(=O)/C(C#N)=C\Nc1ccc(Cl)c([N+](=O)[O-])c1. The summed E-state index contributed by atoms with van der Waals surface area (Å²) in [5.74, 6) is -0.384. The Hall–Kier alpha value is -3.37. The number of carbonyl (C=O) groups excluding carboxylic acids is 1. The second-order valence-electron chi connectivity index (χ2n) is 5.93. The van der Waals surface area contributed by atoms with Gasteiger partial charge in [0, 0.05) is 23.6 Å². The minimum atomic E-state index is -0.613. The summed E-state index contributed by atoms with van der Waals surface area (Å²) in [5.41, 5.74) is 1.45. The highest BCUT2D eigenvalue weighted by molar-refractivity contribution is 6.32. The number of para-hydroxylation sites is 1. The van der Waals surface area contributed by atoms with E-state index in [1.807, 2.05) is 32.0 Å². The predicted octanol–water partition coefficient (Wildman–Crippen LogP) is 4.83. The first-order valence-electron chi connectivity index (χ1n) is 8.04. The molecule has 2 aromatic carbocycles. The highest BCUT2D eigenvalue weighted by Gasteiger charge is 2.15. The van der Waals surface area contributed by atoms with Crippen molar-refractivity contribution in [2.75, 3.05) is 10.6 Å². The van der Waals surface area contributed by atoms with E-state index in [4.69, 9.17) is 11.6 Å². The van der Waals surface area contributed by atoms with Crippen molar-refractivity contribution >= 4 is 34.6 Å². The van der Waals surface area contributed by atoms with Crippen molar-refractivity contribution < 1.29 is 9.72 Å². The van der Waals surface area contributed by atoms with E-state index in [-0.39, 0.29) is 22.2 Å². The third-order valence-electron chi connectivity index (χ3n) is 3.72. The van der Waals surface area contributed by atoms with Crippen LogP contribution in [0, 0.1) is 21.4 Å². The monoisotopic (exact) mass is 384 g/mol. The molecule has 7 nitrogen and oxygen atoms in total. The van der Waals surface area contributed by atoms with Crippen molar-refractivity contribution in [3.05, 3.63) is 74.9 Å². The number of nitro groups is 1. The lowest BCUT2D eigenvalue weighted by Crippen LogP contribution is -2.16. The fourth-order valence-corrected chi connectivity index (χ4v) is 2.54. The molecular formula is C19H17ClN4O3. The van der Waals surface area contributed by atoms with Crippen molar-refractivity contribution in [1.82, 2.24) is 0 Å². The van der Waals surface area contributed by atoms with Crippen LogP contribution in [0.5, 0.6) is 0 Å². The third-order valence-corrected chi connectivity index (χ3v) is 4.04. The van der Waals surface area contributed by atoms with Gasteiger partial charge in [0.05, 0.1) is 4.92 Å². The van der Waals surface area contributed by atoms with Crippen LogP contribution in [-0.2, 0) is 4.79 Å². The second-order valence-corrected chi connectivity index (χ2v) is 6.34. The Balaban J connectivity index is 2.20. The van der Waals surface area contributed by atoms with E-state index in [9.17, 15) is 20.2 Å². The number of anilines is 2. The molecule has 0 aromatic heterocycles. The number of nitriles is 1. The molecule has 2 N–H and O–H groups in total. The summed E-state index contributed by atoms with van der Waals surface area (Å²) in [7, 11) is 0. The van der Waals surface area contributed by atoms with Crippen molar-refractivity contribution in [1.29, 1.82) is 5.26 Å². The van der Waals surface area contributed by atoms with Crippen LogP contribution in [0.25, 0.3) is 0 Å². The quantitative estimate of drug-likeness (QED) is 0.321. The lowest BCUT2D eigenvalue weighted by molar-refractivity contribution is -0.384. The van der Waals surface area contributed by atoms with Crippen LogP contribution in [0.3, 0.4) is 0 Å². The summed E-state index contributed by atoms with van der Waals surface area (Å²) in [6, 6.07) is 13.2. The molecule has 0 aliphatic carbocycles. The maximum absolute atomic E-state index is 12.4. The Morgan fingerprint density at radius 3 is 2.63 bits per heavy atom. The Bertz CT molecular complexity index is 948. The molecule has 0 heterocycles. The molecule has 0 bridgehead atoms. The molecular weight excluding hydrogens is 368 g/mol. The van der Waals surface area contributed by atoms with Crippen LogP contribution in [0.4, 0.5) is 17.1 Å². The van der Waals surface area contributed by atoms with Gasteiger partial charge in [-0.1, -0.05) is 43.6 Å². The van der Waals surface area contributed by atoms with Crippen molar-refractivity contribution in [3.63, 3.8) is 0 Å². The van der Waals surface area contributed by atoms with Gasteiger partial charge in [-0.2, -0.15) is 5.26 Å². The van der Waals surface area contributed by atoms with Crippen molar-refractivity contribution in [3.8, 4) is 6.07 Å². The van der Waals surface area contributed by atoms with E-state index in [1.54, 1.807) is 12.1 Å². The van der Waals surface area contributed by atoms with Gasteiger partial charge in [-0.15, -0.1) is 0 Å². The smallest absolute Gasteiger partial charge is 0.289 e. The zero-order valence-corrected chi connectivity index (χ0v) is 15.4. The van der Waals surface area contributed by atoms with Crippen LogP contribution < -0.4 is 10.6 Å². The van der Waals surface area contributed by atoms with E-state index in [1.165, 1.54) is 24.4 Å². The lowest BCUT2D eigenvalue weighted by Gasteiger charge is -2.13. The molecule has 0 aliphatic heterocycles. The van der Waals surface area contributed by atoms with E-state index in [0.29, 0.717) is 11.4 Å². The summed E-state index contributed by atoms with van der Waals surface area (Å²) in [6.45, 7) is 4.00. The first-order chi connectivity index (χ1) is 12.8. The molecule has 0 aliphatic rings. The van der Waals surface area contributed by atoms with Crippen molar-refractivity contribution in [2.45, 2.75) is 19.8 Å². The summed E-state index contributed by atoms with van der Waals surface area (Å²) in [5, 5.41) is 25.6. The number of hydrogen-bond acceptors (Lipinski definition) is 5. The topological polar surface area (TPSA) is 108 Å². The number of nitro benzene ring substituents is 1. The van der Waals surface area contributed by atoms with Crippen LogP contribution in [0.15, 0.2) is 54.2 Å². The van der Waals surface area contributed by atoms with Crippen LogP contribution in [-0.4, -0.2) is 10.8 Å². The number of amides is 1. The highest BCUT2D eigenvalue weighted by atomic mass is 35.5. The predicted molar refractivity (Wildman–Crippen MR) is 105 cm³/mol. The van der Waals surface area contributed by atoms with Gasteiger partial charge in [0.15, 0.2) is 0 Å². The minimum Gasteiger partial charge on any atom is -0.360 e. The minimum absolute atomic E-state index is 0.00179. The first kappa shape index (κ1) is 19.9. The maximum Gasteiger partial charge on any atom is 0.289 e. The molecule has 1 amide bonds. The molecule has 0 saturated carbocycles. The third kappa shape index (κ3) is 5.06. The molecule has 8 heteroatoms. The molecule has 0 atom stereocenters. The zero-order chi connectivity index (χ0) is 20.0. The van der Waals surface area contributed by atoms with Gasteiger partial charge >= 0.3 is 0 Å². The molecule has 0 saturated heterocycles. The Morgan fingerprint density at radius 1 is 1.30 bits per heavy atom. The van der Waals surface area contributed by atoms with E-state index in [2.05, 4.69) is 10.6 Å². The Kier molecular flexibility index (Phi) is 6.52. The Labute approximate surface area is 161 Å². The van der Waals surface area contributed by atoms with Crippen LogP contribution in [0.1, 0.15) is 25.3 Å². The molecule has 138 valence electrons. The molecule has 0 radical (unpaired) electrons. The number of carbonyl (C=O) groups is 1. The van der Waals surface area contributed by atoms with Gasteiger partial charge in [0.25, 0.3) is 11.6 Å². The summed E-state index contributed by atoms with van der Waals surface area (Å²) >= 11 is 5.76. The average Bonchev–Trinajstić information content (AvgIpc) is 2.63. The largest absolute Gasteiger partial charge is 0.360 e. The standard InChI is InChI=1S/C19H17ClN4O3/c1-12(2)15-5-3-4-6-17(15)23-19(25)13(10-21)11-22-14-7-8-16(20)18(9-14)24(26)27/h3-9,11-12,22H,1-2H3,(H,23,25)/b13-11-. The van der Waals surface area contributed by atoms with E-state index >= 15 is 0 Å². The molecule has 0 unspecified atom stereocenters. The van der Waals surface area contributed by atoms with Gasteiger partial charge in [-0.25, -0.2) is 0 Å². The molecule has 2 rings (SSSR count). The van der Waals surface area contributed by atoms with Gasteiger partial charge in [0.2, 0.25) is 0 Å². The fraction of sp³-hybridized carbons (Fsp3) is 0.158. The summed E-state index contributed by atoms with van der Waals surface area (Å²) in [4.78, 5) is 22.7. The average molecular weight is 385 g/mol. The number of nitrogens with zero attached hydrogens (tertiary/aromatic N) is 2. The number of hydrogen-bond donors (Lipinski definition) is 2. The van der Waals surface area contributed by atoms with Crippen molar-refractivity contribution in [2.24, 2.45) is 0 Å². The molecule has 0 fully saturated rings. The van der Waals surface area contributed by atoms with Gasteiger partial charge in [-0.3, -0.25) is 14.9 Å². The second kappa shape index (κ2) is 8.83. The van der Waals surface area contributed by atoms with Gasteiger partial charge in [-0.05, 0) is 29.7 Å². The number of benzene rings is 2. The summed E-state index contributed by atoms with van der Waals surface area (Å²) < 4.78 is 0. The molecule has 2 aromatic rings. The van der Waals surface area contributed by atoms with E-state index in [0.717, 1.165) is 5.56 Å². The first-order valence-corrected chi connectivity index (χ1v) is 8.42. The number of halogens is 1. The number of nitrogens with one attached hydrogen (secondary N) is 2. The normalized spacial score (nSPS) is 11.0. The van der Waals surface area contributed by atoms with Crippen LogP contribution in [0.2, 0.25) is 5.02 Å². The lowest BCUT2D eigenvalue weighted by atomic mass is 10.0. The highest BCUT2D eigenvalue weighted by Crippen LogP contribution is 2.27. The fourth-order valence-electron chi connectivity index (χ4n) is 2.35. The summed E-state index contributed by atoms with van der Waals surface area (Å²) in [6.07, 6.45) is 1.19. The van der Waals surface area contributed by atoms with Gasteiger partial charge < -0.3 is 10.6 Å². The van der Waals surface area contributed by atoms with Gasteiger partial charge in [0.1, 0.15) is 16.7 Å². The van der Waals surface area contributed by atoms with E-state index < -0.39 is 10.8 Å². The van der Waals surface area contributed by atoms with Crippen LogP contribution >= 0.6 is 11.6 Å². The molecule has 27 heavy (non-hydrogen) atoms. The molecule has 0 spiro atoms. The number of rotatable bonds is 6. The Morgan fingerprint density at radius 2 is 2.00 bits per heavy atom. The zero-order valence-electron chi connectivity index (χ0n) is 14.7.